The summed E-state index contributed by atoms with van der Waals surface area (Å²) in [6, 6.07) is 15.5. The zero-order valence-corrected chi connectivity index (χ0v) is 9.95. The predicted octanol–water partition coefficient (Wildman–Crippen LogP) is 3.50. The first-order valence-corrected chi connectivity index (χ1v) is 5.70. The number of nitrogens with one attached hydrogen (secondary N) is 1. The van der Waals surface area contributed by atoms with Gasteiger partial charge in [-0.25, -0.2) is 0 Å². The van der Waals surface area contributed by atoms with Gasteiger partial charge in [0, 0.05) is 17.1 Å². The van der Waals surface area contributed by atoms with Crippen molar-refractivity contribution < 1.29 is 4.79 Å². The van der Waals surface area contributed by atoms with Gasteiger partial charge in [-0.15, -0.1) is 0 Å². The highest BCUT2D eigenvalue weighted by molar-refractivity contribution is 6.31. The molecule has 3 heteroatoms. The lowest BCUT2D eigenvalue weighted by atomic mass is 10.0. The van der Waals surface area contributed by atoms with Gasteiger partial charge < -0.3 is 5.32 Å². The molecule has 17 heavy (non-hydrogen) atoms. The second-order valence-electron chi connectivity index (χ2n) is 3.69. The Bertz CT molecular complexity index is 511. The lowest BCUT2D eigenvalue weighted by Crippen LogP contribution is -2.00. The second-order valence-corrected chi connectivity index (χ2v) is 4.10. The summed E-state index contributed by atoms with van der Waals surface area (Å²) < 4.78 is 0. The van der Waals surface area contributed by atoms with E-state index in [1.54, 1.807) is 0 Å². The highest BCUT2D eigenvalue weighted by Gasteiger charge is 2.07. The Hall–Kier alpha value is -1.80. The Balaban J connectivity index is 2.34. The van der Waals surface area contributed by atoms with Crippen molar-refractivity contribution in [2.24, 2.45) is 0 Å². The summed E-state index contributed by atoms with van der Waals surface area (Å²) >= 11 is 6.16. The van der Waals surface area contributed by atoms with Gasteiger partial charge in [0.2, 0.25) is 6.41 Å². The van der Waals surface area contributed by atoms with E-state index >= 15 is 0 Å². The molecule has 0 fully saturated rings. The molecule has 86 valence electrons. The highest BCUT2D eigenvalue weighted by atomic mass is 35.5. The number of halogens is 1. The molecule has 0 saturated heterocycles. The van der Waals surface area contributed by atoms with Crippen LogP contribution in [-0.4, -0.2) is 6.41 Å². The van der Waals surface area contributed by atoms with Crippen LogP contribution in [0.25, 0.3) is 0 Å². The molecule has 0 aliphatic rings. The van der Waals surface area contributed by atoms with Crippen LogP contribution in [0.1, 0.15) is 11.1 Å². The number of rotatable bonds is 4. The van der Waals surface area contributed by atoms with Crippen LogP contribution in [0.5, 0.6) is 0 Å². The SMILES string of the molecule is O=CNc1cccc(Cl)c1Cc1ccccc1. The lowest BCUT2D eigenvalue weighted by molar-refractivity contribution is -0.105. The van der Waals surface area contributed by atoms with Crippen LogP contribution in [0.15, 0.2) is 48.5 Å². The maximum Gasteiger partial charge on any atom is 0.211 e. The zero-order valence-electron chi connectivity index (χ0n) is 9.19. The molecule has 0 aromatic heterocycles. The van der Waals surface area contributed by atoms with Crippen LogP contribution in [0, 0.1) is 0 Å². The van der Waals surface area contributed by atoms with Crippen LogP contribution >= 0.6 is 11.6 Å². The van der Waals surface area contributed by atoms with Gasteiger partial charge in [0.1, 0.15) is 0 Å². The standard InChI is InChI=1S/C14H12ClNO/c15-13-7-4-8-14(16-10-17)12(13)9-11-5-2-1-3-6-11/h1-8,10H,9H2,(H,16,17). The summed E-state index contributed by atoms with van der Waals surface area (Å²) in [4.78, 5) is 10.5. The summed E-state index contributed by atoms with van der Waals surface area (Å²) in [5.41, 5.74) is 2.86. The summed E-state index contributed by atoms with van der Waals surface area (Å²) in [5, 5.41) is 3.34. The Kier molecular flexibility index (Phi) is 3.78. The largest absolute Gasteiger partial charge is 0.328 e. The number of carbonyl (C=O) groups is 1. The Morgan fingerprint density at radius 2 is 1.82 bits per heavy atom. The molecule has 1 amide bonds. The first-order chi connectivity index (χ1) is 8.31. The molecule has 0 spiro atoms. The number of benzene rings is 2. The third-order valence-corrected chi connectivity index (χ3v) is 2.91. The lowest BCUT2D eigenvalue weighted by Gasteiger charge is -2.10. The van der Waals surface area contributed by atoms with Gasteiger partial charge in [-0.1, -0.05) is 48.0 Å². The molecule has 0 aliphatic heterocycles. The first kappa shape index (κ1) is 11.7. The van der Waals surface area contributed by atoms with Crippen molar-refractivity contribution in [1.82, 2.24) is 0 Å². The molecule has 1 N–H and O–H groups in total. The Labute approximate surface area is 105 Å². The quantitative estimate of drug-likeness (QED) is 0.821. The topological polar surface area (TPSA) is 29.1 Å². The first-order valence-electron chi connectivity index (χ1n) is 5.33. The number of carbonyl (C=O) groups excluding carboxylic acids is 1. The molecule has 0 unspecified atom stereocenters. The van der Waals surface area contributed by atoms with E-state index in [0.717, 1.165) is 16.8 Å². The van der Waals surface area contributed by atoms with Crippen molar-refractivity contribution in [3.8, 4) is 0 Å². The van der Waals surface area contributed by atoms with Crippen molar-refractivity contribution >= 4 is 23.7 Å². The van der Waals surface area contributed by atoms with Crippen molar-refractivity contribution in [2.75, 3.05) is 5.32 Å². The van der Waals surface area contributed by atoms with E-state index in [1.165, 1.54) is 0 Å². The monoisotopic (exact) mass is 245 g/mol. The van der Waals surface area contributed by atoms with Crippen molar-refractivity contribution in [2.45, 2.75) is 6.42 Å². The minimum atomic E-state index is 0.667. The van der Waals surface area contributed by atoms with E-state index in [4.69, 9.17) is 11.6 Å². The van der Waals surface area contributed by atoms with Gasteiger partial charge in [0.15, 0.2) is 0 Å². The van der Waals surface area contributed by atoms with Crippen LogP contribution in [0.3, 0.4) is 0 Å². The van der Waals surface area contributed by atoms with Crippen LogP contribution in [-0.2, 0) is 11.2 Å². The molecule has 0 heterocycles. The molecule has 2 rings (SSSR count). The number of hydrogen-bond acceptors (Lipinski definition) is 1. The fraction of sp³-hybridized carbons (Fsp3) is 0.0714. The van der Waals surface area contributed by atoms with Crippen molar-refractivity contribution in [1.29, 1.82) is 0 Å². The molecule has 0 saturated carbocycles. The normalized spacial score (nSPS) is 9.94. The third kappa shape index (κ3) is 2.86. The van der Waals surface area contributed by atoms with Crippen LogP contribution in [0.4, 0.5) is 5.69 Å². The second kappa shape index (κ2) is 5.51. The molecule has 0 aliphatic carbocycles. The molecule has 0 radical (unpaired) electrons. The smallest absolute Gasteiger partial charge is 0.211 e. The van der Waals surface area contributed by atoms with Crippen LogP contribution in [0.2, 0.25) is 5.02 Å². The van der Waals surface area contributed by atoms with Gasteiger partial charge in [0.25, 0.3) is 0 Å². The van der Waals surface area contributed by atoms with E-state index in [1.807, 2.05) is 48.5 Å². The third-order valence-electron chi connectivity index (χ3n) is 2.56. The number of hydrogen-bond donors (Lipinski definition) is 1. The molecule has 0 atom stereocenters. The zero-order chi connectivity index (χ0) is 12.1. The Morgan fingerprint density at radius 1 is 1.06 bits per heavy atom. The van der Waals surface area contributed by atoms with Gasteiger partial charge in [-0.2, -0.15) is 0 Å². The van der Waals surface area contributed by atoms with Crippen LogP contribution < -0.4 is 5.32 Å². The van der Waals surface area contributed by atoms with E-state index in [2.05, 4.69) is 5.32 Å². The molecule has 2 aromatic rings. The van der Waals surface area contributed by atoms with Crippen molar-refractivity contribution in [3.63, 3.8) is 0 Å². The van der Waals surface area contributed by atoms with Gasteiger partial charge in [-0.3, -0.25) is 4.79 Å². The average molecular weight is 246 g/mol. The minimum absolute atomic E-state index is 0.667. The maximum absolute atomic E-state index is 10.5. The fourth-order valence-electron chi connectivity index (χ4n) is 1.74. The maximum atomic E-state index is 10.5. The predicted molar refractivity (Wildman–Crippen MR) is 70.4 cm³/mol. The van der Waals surface area contributed by atoms with E-state index in [0.29, 0.717) is 17.9 Å². The highest BCUT2D eigenvalue weighted by Crippen LogP contribution is 2.26. The Morgan fingerprint density at radius 3 is 2.53 bits per heavy atom. The fourth-order valence-corrected chi connectivity index (χ4v) is 1.98. The molecular weight excluding hydrogens is 234 g/mol. The van der Waals surface area contributed by atoms with E-state index in [-0.39, 0.29) is 0 Å². The van der Waals surface area contributed by atoms with Crippen molar-refractivity contribution in [3.05, 3.63) is 64.7 Å². The summed E-state index contributed by atoms with van der Waals surface area (Å²) in [5.74, 6) is 0. The summed E-state index contributed by atoms with van der Waals surface area (Å²) in [6.07, 6.45) is 1.37. The van der Waals surface area contributed by atoms with Gasteiger partial charge >= 0.3 is 0 Å². The van der Waals surface area contributed by atoms with Gasteiger partial charge in [-0.05, 0) is 23.3 Å². The minimum Gasteiger partial charge on any atom is -0.328 e. The van der Waals surface area contributed by atoms with E-state index in [9.17, 15) is 4.79 Å². The molecule has 2 aromatic carbocycles. The average Bonchev–Trinajstić information content (AvgIpc) is 2.35. The molecular formula is C14H12ClNO. The molecule has 0 bridgehead atoms. The van der Waals surface area contributed by atoms with Gasteiger partial charge in [0.05, 0.1) is 0 Å². The summed E-state index contributed by atoms with van der Waals surface area (Å²) in [7, 11) is 0. The number of amides is 1. The summed E-state index contributed by atoms with van der Waals surface area (Å²) in [6.45, 7) is 0. The van der Waals surface area contributed by atoms with E-state index < -0.39 is 0 Å². The molecule has 2 nitrogen and oxygen atoms in total. The number of anilines is 1.